The molecule has 1 aliphatic rings. The van der Waals surface area contributed by atoms with Crippen LogP contribution in [0.3, 0.4) is 0 Å². The molecule has 1 saturated carbocycles. The summed E-state index contributed by atoms with van der Waals surface area (Å²) in [5, 5.41) is 0.834. The van der Waals surface area contributed by atoms with Gasteiger partial charge in [0.05, 0.1) is 12.2 Å². The van der Waals surface area contributed by atoms with Crippen LogP contribution in [0.25, 0.3) is 0 Å². The van der Waals surface area contributed by atoms with Crippen LogP contribution in [0.5, 0.6) is 0 Å². The minimum absolute atomic E-state index is 0.102. The average Bonchev–Trinajstić information content (AvgIpc) is 2.40. The van der Waals surface area contributed by atoms with Gasteiger partial charge in [-0.3, -0.25) is 0 Å². The first kappa shape index (κ1) is 14.0. The molecule has 0 heterocycles. The lowest BCUT2D eigenvalue weighted by atomic mass is 9.80. The molecule has 2 rings (SSSR count). The van der Waals surface area contributed by atoms with Crippen molar-refractivity contribution in [3.63, 3.8) is 0 Å². The third-order valence-electron chi connectivity index (χ3n) is 3.92. The Hall–Kier alpha value is -0.410. The van der Waals surface area contributed by atoms with Gasteiger partial charge in [0.2, 0.25) is 0 Å². The summed E-state index contributed by atoms with van der Waals surface area (Å²) in [4.78, 5) is 0. The summed E-state index contributed by atoms with van der Waals surface area (Å²) < 4.78 is 19.6. The minimum atomic E-state index is -0.175. The molecule has 0 unspecified atom stereocenters. The Morgan fingerprint density at radius 1 is 1.33 bits per heavy atom. The molecule has 0 bridgehead atoms. The van der Waals surface area contributed by atoms with Gasteiger partial charge in [0.25, 0.3) is 0 Å². The molecular formula is C15H20BrFO. The summed E-state index contributed by atoms with van der Waals surface area (Å²) in [5.41, 5.74) is 0.547. The van der Waals surface area contributed by atoms with Crippen LogP contribution in [0.1, 0.15) is 38.2 Å². The van der Waals surface area contributed by atoms with E-state index in [1.807, 2.05) is 6.07 Å². The van der Waals surface area contributed by atoms with Gasteiger partial charge in [0, 0.05) is 10.9 Å². The molecule has 18 heavy (non-hydrogen) atoms. The predicted octanol–water partition coefficient (Wildman–Crippen LogP) is 4.69. The van der Waals surface area contributed by atoms with Crippen molar-refractivity contribution in [3.8, 4) is 0 Å². The normalized spacial score (nSPS) is 28.3. The van der Waals surface area contributed by atoms with Crippen molar-refractivity contribution >= 4 is 15.9 Å². The molecule has 1 aliphatic carbocycles. The van der Waals surface area contributed by atoms with Gasteiger partial charge in [0.1, 0.15) is 5.82 Å². The summed E-state index contributed by atoms with van der Waals surface area (Å²) in [6, 6.07) is 6.85. The topological polar surface area (TPSA) is 9.23 Å². The van der Waals surface area contributed by atoms with Gasteiger partial charge >= 0.3 is 0 Å². The second kappa shape index (κ2) is 6.16. The number of hydrogen-bond donors (Lipinski definition) is 0. The van der Waals surface area contributed by atoms with E-state index < -0.39 is 0 Å². The molecule has 1 aromatic rings. The SMILES string of the molecule is CC1CCC(CBr)(OCc2ccccc2F)CC1. The van der Waals surface area contributed by atoms with E-state index in [0.717, 1.165) is 24.1 Å². The molecule has 0 amide bonds. The molecule has 0 aliphatic heterocycles. The lowest BCUT2D eigenvalue weighted by Crippen LogP contribution is -2.38. The second-order valence-electron chi connectivity index (χ2n) is 5.38. The van der Waals surface area contributed by atoms with Gasteiger partial charge in [-0.1, -0.05) is 41.1 Å². The molecule has 0 N–H and O–H groups in total. The summed E-state index contributed by atoms with van der Waals surface area (Å²) >= 11 is 3.56. The molecular weight excluding hydrogens is 295 g/mol. The maximum absolute atomic E-state index is 13.5. The number of benzene rings is 1. The van der Waals surface area contributed by atoms with Crippen molar-refractivity contribution in [1.29, 1.82) is 0 Å². The molecule has 1 fully saturated rings. The molecule has 0 spiro atoms. The minimum Gasteiger partial charge on any atom is -0.369 e. The van der Waals surface area contributed by atoms with Crippen LogP contribution < -0.4 is 0 Å². The van der Waals surface area contributed by atoms with Crippen LogP contribution in [-0.4, -0.2) is 10.9 Å². The fourth-order valence-electron chi connectivity index (χ4n) is 2.45. The van der Waals surface area contributed by atoms with Crippen molar-refractivity contribution in [1.82, 2.24) is 0 Å². The fraction of sp³-hybridized carbons (Fsp3) is 0.600. The standard InChI is InChI=1S/C15H20BrFO/c1-12-6-8-15(11-16,9-7-12)18-10-13-4-2-3-5-14(13)17/h2-5,12H,6-11H2,1H3. The van der Waals surface area contributed by atoms with Crippen molar-refractivity contribution in [2.45, 2.75) is 44.8 Å². The fourth-order valence-corrected chi connectivity index (χ4v) is 3.17. The number of alkyl halides is 1. The van der Waals surface area contributed by atoms with E-state index in [2.05, 4.69) is 22.9 Å². The van der Waals surface area contributed by atoms with Gasteiger partial charge in [-0.25, -0.2) is 4.39 Å². The number of halogens is 2. The highest BCUT2D eigenvalue weighted by molar-refractivity contribution is 9.09. The van der Waals surface area contributed by atoms with Gasteiger partial charge in [0.15, 0.2) is 0 Å². The molecule has 100 valence electrons. The van der Waals surface area contributed by atoms with Crippen LogP contribution in [0.4, 0.5) is 4.39 Å². The first-order chi connectivity index (χ1) is 8.65. The first-order valence-corrected chi connectivity index (χ1v) is 7.71. The molecule has 1 nitrogen and oxygen atoms in total. The number of ether oxygens (including phenoxy) is 1. The molecule has 0 aromatic heterocycles. The Morgan fingerprint density at radius 3 is 2.61 bits per heavy atom. The van der Waals surface area contributed by atoms with Crippen LogP contribution in [-0.2, 0) is 11.3 Å². The number of hydrogen-bond acceptors (Lipinski definition) is 1. The summed E-state index contributed by atoms with van der Waals surface area (Å²) in [7, 11) is 0. The monoisotopic (exact) mass is 314 g/mol. The Morgan fingerprint density at radius 2 is 2.00 bits per heavy atom. The maximum Gasteiger partial charge on any atom is 0.128 e. The quantitative estimate of drug-likeness (QED) is 0.733. The molecule has 1 aromatic carbocycles. The van der Waals surface area contributed by atoms with Gasteiger partial charge < -0.3 is 4.74 Å². The van der Waals surface area contributed by atoms with E-state index in [9.17, 15) is 4.39 Å². The second-order valence-corrected chi connectivity index (χ2v) is 5.94. The highest BCUT2D eigenvalue weighted by Crippen LogP contribution is 2.36. The zero-order valence-electron chi connectivity index (χ0n) is 10.8. The van der Waals surface area contributed by atoms with Crippen molar-refractivity contribution in [3.05, 3.63) is 35.6 Å². The highest BCUT2D eigenvalue weighted by atomic mass is 79.9. The molecule has 3 heteroatoms. The van der Waals surface area contributed by atoms with Crippen molar-refractivity contribution in [2.75, 3.05) is 5.33 Å². The van der Waals surface area contributed by atoms with E-state index >= 15 is 0 Å². The Kier molecular flexibility index (Phi) is 4.79. The molecule has 0 radical (unpaired) electrons. The Bertz CT molecular complexity index is 386. The van der Waals surface area contributed by atoms with Crippen LogP contribution in [0.2, 0.25) is 0 Å². The summed E-state index contributed by atoms with van der Waals surface area (Å²) in [5.74, 6) is 0.612. The zero-order chi connectivity index (χ0) is 13.0. The summed E-state index contributed by atoms with van der Waals surface area (Å²) in [6.45, 7) is 2.65. The largest absolute Gasteiger partial charge is 0.369 e. The van der Waals surface area contributed by atoms with E-state index in [0.29, 0.717) is 12.2 Å². The van der Waals surface area contributed by atoms with Crippen LogP contribution in [0, 0.1) is 11.7 Å². The van der Waals surface area contributed by atoms with E-state index in [1.54, 1.807) is 12.1 Å². The van der Waals surface area contributed by atoms with Gasteiger partial charge in [-0.2, -0.15) is 0 Å². The Balaban J connectivity index is 1.97. The predicted molar refractivity (Wildman–Crippen MR) is 75.3 cm³/mol. The molecule has 0 atom stereocenters. The first-order valence-electron chi connectivity index (χ1n) is 6.58. The van der Waals surface area contributed by atoms with Crippen molar-refractivity contribution < 1.29 is 9.13 Å². The smallest absolute Gasteiger partial charge is 0.128 e. The van der Waals surface area contributed by atoms with E-state index in [-0.39, 0.29) is 11.4 Å². The lowest BCUT2D eigenvalue weighted by molar-refractivity contribution is -0.0695. The zero-order valence-corrected chi connectivity index (χ0v) is 12.4. The van der Waals surface area contributed by atoms with Crippen molar-refractivity contribution in [2.24, 2.45) is 5.92 Å². The average molecular weight is 315 g/mol. The molecule has 0 saturated heterocycles. The number of rotatable bonds is 4. The van der Waals surface area contributed by atoms with E-state index in [4.69, 9.17) is 4.74 Å². The van der Waals surface area contributed by atoms with Crippen LogP contribution in [0.15, 0.2) is 24.3 Å². The summed E-state index contributed by atoms with van der Waals surface area (Å²) in [6.07, 6.45) is 4.52. The van der Waals surface area contributed by atoms with Gasteiger partial charge in [-0.15, -0.1) is 0 Å². The Labute approximate surface area is 117 Å². The third kappa shape index (κ3) is 3.33. The van der Waals surface area contributed by atoms with Crippen LogP contribution >= 0.6 is 15.9 Å². The third-order valence-corrected chi connectivity index (χ3v) is 4.94. The lowest BCUT2D eigenvalue weighted by Gasteiger charge is -2.38. The van der Waals surface area contributed by atoms with E-state index in [1.165, 1.54) is 18.9 Å². The maximum atomic E-state index is 13.5. The van der Waals surface area contributed by atoms with Gasteiger partial charge in [-0.05, 0) is 37.7 Å². The highest BCUT2D eigenvalue weighted by Gasteiger charge is 2.34.